The van der Waals surface area contributed by atoms with Gasteiger partial charge in [0.1, 0.15) is 12.1 Å². The number of amides is 1. The van der Waals surface area contributed by atoms with Crippen molar-refractivity contribution < 1.29 is 9.53 Å². The van der Waals surface area contributed by atoms with E-state index in [2.05, 4.69) is 20.2 Å². The maximum Gasteiger partial charge on any atom is 0.257 e. The van der Waals surface area contributed by atoms with E-state index in [1.54, 1.807) is 41.6 Å². The van der Waals surface area contributed by atoms with Gasteiger partial charge in [0.15, 0.2) is 0 Å². The van der Waals surface area contributed by atoms with Crippen molar-refractivity contribution in [2.24, 2.45) is 0 Å². The van der Waals surface area contributed by atoms with E-state index in [-0.39, 0.29) is 5.91 Å². The average Bonchev–Trinajstić information content (AvgIpc) is 3.24. The van der Waals surface area contributed by atoms with E-state index in [9.17, 15) is 4.79 Å². The highest BCUT2D eigenvalue weighted by atomic mass is 16.5. The standard InChI is InChI=1S/C19H19N5O2/c25-19(15-1-6-18(21-13-15)24-8-7-20-14-24)22-16-2-4-17(5-3-16)23-9-11-26-12-10-23/h1-8,13-14H,9-12H2,(H,22,25). The number of ether oxygens (including phenoxy) is 1. The largest absolute Gasteiger partial charge is 0.378 e. The highest BCUT2D eigenvalue weighted by Gasteiger charge is 2.12. The van der Waals surface area contributed by atoms with Crippen molar-refractivity contribution in [3.8, 4) is 5.82 Å². The van der Waals surface area contributed by atoms with E-state index in [1.807, 2.05) is 24.3 Å². The molecule has 0 saturated carbocycles. The summed E-state index contributed by atoms with van der Waals surface area (Å²) in [4.78, 5) is 23.0. The number of imidazole rings is 1. The van der Waals surface area contributed by atoms with Gasteiger partial charge in [-0.3, -0.25) is 9.36 Å². The quantitative estimate of drug-likeness (QED) is 0.783. The van der Waals surface area contributed by atoms with Crippen LogP contribution in [0.1, 0.15) is 10.4 Å². The lowest BCUT2D eigenvalue weighted by Crippen LogP contribution is -2.36. The Morgan fingerprint density at radius 1 is 1.08 bits per heavy atom. The highest BCUT2D eigenvalue weighted by molar-refractivity contribution is 6.04. The minimum absolute atomic E-state index is 0.186. The fourth-order valence-electron chi connectivity index (χ4n) is 2.85. The maximum atomic E-state index is 12.4. The molecule has 0 aliphatic carbocycles. The molecule has 4 rings (SSSR count). The van der Waals surface area contributed by atoms with E-state index >= 15 is 0 Å². The number of morpholine rings is 1. The van der Waals surface area contributed by atoms with Crippen LogP contribution in [0.3, 0.4) is 0 Å². The Morgan fingerprint density at radius 2 is 1.88 bits per heavy atom. The van der Waals surface area contributed by atoms with Crippen molar-refractivity contribution >= 4 is 17.3 Å². The number of pyridine rings is 1. The van der Waals surface area contributed by atoms with Gasteiger partial charge in [0.05, 0.1) is 18.8 Å². The zero-order chi connectivity index (χ0) is 17.8. The number of carbonyl (C=O) groups excluding carboxylic acids is 1. The van der Waals surface area contributed by atoms with Gasteiger partial charge >= 0.3 is 0 Å². The molecule has 0 bridgehead atoms. The molecule has 26 heavy (non-hydrogen) atoms. The SMILES string of the molecule is O=C(Nc1ccc(N2CCOCC2)cc1)c1ccc(-n2ccnc2)nc1. The van der Waals surface area contributed by atoms with Gasteiger partial charge in [-0.15, -0.1) is 0 Å². The summed E-state index contributed by atoms with van der Waals surface area (Å²) in [5.41, 5.74) is 2.40. The summed E-state index contributed by atoms with van der Waals surface area (Å²) < 4.78 is 7.15. The van der Waals surface area contributed by atoms with Crippen molar-refractivity contribution in [2.45, 2.75) is 0 Å². The molecule has 1 N–H and O–H groups in total. The number of benzene rings is 1. The lowest BCUT2D eigenvalue weighted by atomic mass is 10.2. The maximum absolute atomic E-state index is 12.4. The molecule has 0 spiro atoms. The van der Waals surface area contributed by atoms with Crippen molar-refractivity contribution in [3.05, 3.63) is 66.9 Å². The lowest BCUT2D eigenvalue weighted by Gasteiger charge is -2.28. The van der Waals surface area contributed by atoms with Crippen molar-refractivity contribution in [1.82, 2.24) is 14.5 Å². The smallest absolute Gasteiger partial charge is 0.257 e. The first-order valence-electron chi connectivity index (χ1n) is 8.48. The molecule has 0 radical (unpaired) electrons. The van der Waals surface area contributed by atoms with Gasteiger partial charge in [-0.25, -0.2) is 9.97 Å². The Labute approximate surface area is 151 Å². The molecule has 2 aromatic heterocycles. The third kappa shape index (κ3) is 3.57. The van der Waals surface area contributed by atoms with Crippen LogP contribution >= 0.6 is 0 Å². The molecule has 1 amide bonds. The molecule has 0 unspecified atom stereocenters. The van der Waals surface area contributed by atoms with Gasteiger partial charge in [0.25, 0.3) is 5.91 Å². The van der Waals surface area contributed by atoms with Crippen LogP contribution in [0, 0.1) is 0 Å². The third-order valence-corrected chi connectivity index (χ3v) is 4.28. The molecular formula is C19H19N5O2. The Morgan fingerprint density at radius 3 is 2.54 bits per heavy atom. The molecule has 0 atom stereocenters. The summed E-state index contributed by atoms with van der Waals surface area (Å²) in [6.45, 7) is 3.28. The van der Waals surface area contributed by atoms with Crippen LogP contribution in [0.4, 0.5) is 11.4 Å². The van der Waals surface area contributed by atoms with E-state index in [4.69, 9.17) is 4.74 Å². The number of anilines is 2. The number of hydrogen-bond acceptors (Lipinski definition) is 5. The topological polar surface area (TPSA) is 72.3 Å². The van der Waals surface area contributed by atoms with E-state index in [0.29, 0.717) is 11.4 Å². The first-order chi connectivity index (χ1) is 12.8. The first kappa shape index (κ1) is 16.3. The van der Waals surface area contributed by atoms with Crippen LogP contribution in [-0.4, -0.2) is 46.7 Å². The molecule has 132 valence electrons. The van der Waals surface area contributed by atoms with Crippen LogP contribution in [0.2, 0.25) is 0 Å². The second kappa shape index (κ2) is 7.37. The second-order valence-electron chi connectivity index (χ2n) is 5.98. The van der Waals surface area contributed by atoms with Gasteiger partial charge in [-0.05, 0) is 36.4 Å². The minimum atomic E-state index is -0.186. The molecule has 7 nitrogen and oxygen atoms in total. The van der Waals surface area contributed by atoms with Crippen LogP contribution in [-0.2, 0) is 4.74 Å². The molecular weight excluding hydrogens is 330 g/mol. The molecule has 1 saturated heterocycles. The third-order valence-electron chi connectivity index (χ3n) is 4.28. The molecule has 7 heteroatoms. The summed E-state index contributed by atoms with van der Waals surface area (Å²) in [5.74, 6) is 0.530. The summed E-state index contributed by atoms with van der Waals surface area (Å²) >= 11 is 0. The van der Waals surface area contributed by atoms with Gasteiger partial charge in [0.2, 0.25) is 0 Å². The van der Waals surface area contributed by atoms with E-state index in [0.717, 1.165) is 37.7 Å². The van der Waals surface area contributed by atoms with Crippen molar-refractivity contribution in [3.63, 3.8) is 0 Å². The number of rotatable bonds is 4. The first-order valence-corrected chi connectivity index (χ1v) is 8.48. The Bertz CT molecular complexity index is 854. The van der Waals surface area contributed by atoms with E-state index < -0.39 is 0 Å². The average molecular weight is 349 g/mol. The fraction of sp³-hybridized carbons (Fsp3) is 0.211. The number of hydrogen-bond donors (Lipinski definition) is 1. The molecule has 1 aliphatic heterocycles. The highest BCUT2D eigenvalue weighted by Crippen LogP contribution is 2.19. The van der Waals surface area contributed by atoms with Gasteiger partial charge < -0.3 is 15.0 Å². The molecule has 1 aliphatic rings. The number of aromatic nitrogens is 3. The molecule has 3 heterocycles. The van der Waals surface area contributed by atoms with Crippen LogP contribution < -0.4 is 10.2 Å². The van der Waals surface area contributed by atoms with Crippen LogP contribution in [0.25, 0.3) is 5.82 Å². The number of carbonyl (C=O) groups is 1. The monoisotopic (exact) mass is 349 g/mol. The Kier molecular flexibility index (Phi) is 4.61. The summed E-state index contributed by atoms with van der Waals surface area (Å²) in [5, 5.41) is 2.90. The van der Waals surface area contributed by atoms with Crippen LogP contribution in [0.15, 0.2) is 61.3 Å². The van der Waals surface area contributed by atoms with Gasteiger partial charge in [-0.1, -0.05) is 0 Å². The molecule has 1 fully saturated rings. The number of nitrogens with one attached hydrogen (secondary N) is 1. The predicted octanol–water partition coefficient (Wildman–Crippen LogP) is 2.36. The lowest BCUT2D eigenvalue weighted by molar-refractivity contribution is 0.102. The summed E-state index contributed by atoms with van der Waals surface area (Å²) in [6, 6.07) is 11.4. The molecule has 3 aromatic rings. The zero-order valence-corrected chi connectivity index (χ0v) is 14.2. The summed E-state index contributed by atoms with van der Waals surface area (Å²) in [7, 11) is 0. The predicted molar refractivity (Wildman–Crippen MR) is 98.8 cm³/mol. The minimum Gasteiger partial charge on any atom is -0.378 e. The normalized spacial score (nSPS) is 14.2. The second-order valence-corrected chi connectivity index (χ2v) is 5.98. The van der Waals surface area contributed by atoms with Gasteiger partial charge in [-0.2, -0.15) is 0 Å². The number of nitrogens with zero attached hydrogens (tertiary/aromatic N) is 4. The van der Waals surface area contributed by atoms with Gasteiger partial charge in [0, 0.05) is 43.1 Å². The van der Waals surface area contributed by atoms with Crippen molar-refractivity contribution in [2.75, 3.05) is 36.5 Å². The Balaban J connectivity index is 1.41. The van der Waals surface area contributed by atoms with E-state index in [1.165, 1.54) is 0 Å². The summed E-state index contributed by atoms with van der Waals surface area (Å²) in [6.07, 6.45) is 6.71. The molecule has 1 aromatic carbocycles. The van der Waals surface area contributed by atoms with Crippen LogP contribution in [0.5, 0.6) is 0 Å². The Hall–Kier alpha value is -3.19. The van der Waals surface area contributed by atoms with Crippen molar-refractivity contribution in [1.29, 1.82) is 0 Å². The zero-order valence-electron chi connectivity index (χ0n) is 14.2. The fourth-order valence-corrected chi connectivity index (χ4v) is 2.85.